The maximum atomic E-state index is 12.6. The van der Waals surface area contributed by atoms with E-state index in [9.17, 15) is 18.0 Å². The molecule has 100 valence electrons. The Balaban J connectivity index is 2.34. The van der Waals surface area contributed by atoms with Crippen molar-refractivity contribution in [1.29, 1.82) is 0 Å². The van der Waals surface area contributed by atoms with Crippen molar-refractivity contribution in [1.82, 2.24) is 14.7 Å². The van der Waals surface area contributed by atoms with Crippen LogP contribution in [0.2, 0.25) is 0 Å². The van der Waals surface area contributed by atoms with Gasteiger partial charge < -0.3 is 9.80 Å². The van der Waals surface area contributed by atoms with Crippen molar-refractivity contribution in [2.24, 2.45) is 7.05 Å². The molecule has 1 aromatic rings. The van der Waals surface area contributed by atoms with Gasteiger partial charge in [0.1, 0.15) is 18.4 Å². The molecule has 0 bridgehead atoms. The van der Waals surface area contributed by atoms with Gasteiger partial charge in [-0.25, -0.2) is 0 Å². The van der Waals surface area contributed by atoms with Gasteiger partial charge in [-0.3, -0.25) is 9.48 Å². The number of amides is 1. The Hall–Kier alpha value is -1.73. The summed E-state index contributed by atoms with van der Waals surface area (Å²) in [6, 6.07) is 0.961. The summed E-state index contributed by atoms with van der Waals surface area (Å²) in [4.78, 5) is 14.5. The van der Waals surface area contributed by atoms with E-state index in [-0.39, 0.29) is 24.4 Å². The zero-order valence-electron chi connectivity index (χ0n) is 10.2. The number of carbonyl (C=O) groups is 1. The monoisotopic (exact) mass is 262 g/mol. The number of anilines is 1. The van der Waals surface area contributed by atoms with E-state index in [4.69, 9.17) is 0 Å². The Morgan fingerprint density at radius 3 is 2.39 bits per heavy atom. The molecule has 1 unspecified atom stereocenters. The van der Waals surface area contributed by atoms with Gasteiger partial charge in [-0.2, -0.15) is 18.3 Å². The lowest BCUT2D eigenvalue weighted by atomic mass is 10.4. The highest BCUT2D eigenvalue weighted by Crippen LogP contribution is 2.32. The van der Waals surface area contributed by atoms with Crippen LogP contribution < -0.4 is 4.90 Å². The number of nitrogens with zero attached hydrogens (tertiary/aromatic N) is 4. The zero-order chi connectivity index (χ0) is 13.7. The fraction of sp³-hybridized carbons (Fsp3) is 0.600. The first-order valence-electron chi connectivity index (χ1n) is 5.35. The van der Waals surface area contributed by atoms with Crippen LogP contribution in [0.3, 0.4) is 0 Å². The van der Waals surface area contributed by atoms with Gasteiger partial charge in [-0.1, -0.05) is 0 Å². The highest BCUT2D eigenvalue weighted by Gasteiger charge is 2.38. The molecule has 1 aromatic heterocycles. The van der Waals surface area contributed by atoms with Crippen LogP contribution in [-0.2, 0) is 18.0 Å². The molecule has 1 atom stereocenters. The van der Waals surface area contributed by atoms with E-state index in [1.165, 1.54) is 16.8 Å². The smallest absolute Gasteiger partial charge is 0.326 e. The minimum Gasteiger partial charge on any atom is -0.326 e. The number of aryl methyl sites for hydroxylation is 1. The summed E-state index contributed by atoms with van der Waals surface area (Å²) in [5.41, 5.74) is -0.827. The first-order chi connectivity index (χ1) is 8.21. The highest BCUT2D eigenvalue weighted by molar-refractivity contribution is 5.84. The Bertz CT molecular complexity index is 482. The number of hydrogen-bond donors (Lipinski definition) is 0. The maximum absolute atomic E-state index is 12.6. The number of alkyl halides is 3. The van der Waals surface area contributed by atoms with Crippen LogP contribution in [-0.4, -0.2) is 40.3 Å². The normalized spacial score (nSPS) is 21.0. The minimum atomic E-state index is -4.45. The molecule has 0 radical (unpaired) electrons. The Kier molecular flexibility index (Phi) is 2.75. The van der Waals surface area contributed by atoms with Crippen molar-refractivity contribution in [3.05, 3.63) is 11.8 Å². The molecule has 0 aromatic carbocycles. The van der Waals surface area contributed by atoms with Gasteiger partial charge >= 0.3 is 6.18 Å². The largest absolute Gasteiger partial charge is 0.433 e. The fourth-order valence-corrected chi connectivity index (χ4v) is 1.94. The number of rotatable bonds is 1. The van der Waals surface area contributed by atoms with Crippen molar-refractivity contribution in [3.8, 4) is 0 Å². The summed E-state index contributed by atoms with van der Waals surface area (Å²) in [6.07, 6.45) is -4.74. The van der Waals surface area contributed by atoms with Crippen molar-refractivity contribution < 1.29 is 18.0 Å². The fourth-order valence-electron chi connectivity index (χ4n) is 1.94. The molecule has 1 aliphatic rings. The predicted octanol–water partition coefficient (Wildman–Crippen LogP) is 1.06. The molecule has 2 heterocycles. The van der Waals surface area contributed by atoms with E-state index < -0.39 is 11.9 Å². The van der Waals surface area contributed by atoms with Crippen molar-refractivity contribution in [3.63, 3.8) is 0 Å². The molecule has 0 aliphatic carbocycles. The molecular weight excluding hydrogens is 249 g/mol. The second-order valence-electron chi connectivity index (χ2n) is 4.27. The maximum Gasteiger partial charge on any atom is 0.433 e. The van der Waals surface area contributed by atoms with Gasteiger partial charge in [0.15, 0.2) is 5.82 Å². The number of halogens is 3. The average Bonchev–Trinajstić information content (AvgIpc) is 2.74. The van der Waals surface area contributed by atoms with E-state index >= 15 is 0 Å². The molecule has 5 nitrogen and oxygen atoms in total. The third-order valence-electron chi connectivity index (χ3n) is 3.16. The molecule has 8 heteroatoms. The highest BCUT2D eigenvalue weighted by atomic mass is 19.4. The molecule has 0 N–H and O–H groups in total. The second kappa shape index (κ2) is 3.89. The predicted molar refractivity (Wildman–Crippen MR) is 57.8 cm³/mol. The Morgan fingerprint density at radius 2 is 2.00 bits per heavy atom. The van der Waals surface area contributed by atoms with Crippen LogP contribution in [0.25, 0.3) is 0 Å². The summed E-state index contributed by atoms with van der Waals surface area (Å²) in [5.74, 6) is 0.0248. The molecule has 1 aliphatic heterocycles. The summed E-state index contributed by atoms with van der Waals surface area (Å²) in [6.45, 7) is 1.79. The van der Waals surface area contributed by atoms with Crippen molar-refractivity contribution >= 4 is 11.7 Å². The molecule has 18 heavy (non-hydrogen) atoms. The lowest BCUT2D eigenvalue weighted by molar-refractivity contribution is -0.143. The molecule has 0 saturated carbocycles. The van der Waals surface area contributed by atoms with Gasteiger partial charge in [0.25, 0.3) is 0 Å². The van der Waals surface area contributed by atoms with Crippen LogP contribution in [0.4, 0.5) is 19.0 Å². The lowest BCUT2D eigenvalue weighted by Crippen LogP contribution is -2.34. The third kappa shape index (κ3) is 1.91. The second-order valence-corrected chi connectivity index (χ2v) is 4.27. The van der Waals surface area contributed by atoms with E-state index in [0.29, 0.717) is 0 Å². The number of likely N-dealkylation sites (N-methyl/N-ethyl adjacent to an activating group) is 1. The van der Waals surface area contributed by atoms with Gasteiger partial charge in [-0.05, 0) is 6.92 Å². The average molecular weight is 262 g/mol. The number of carbonyl (C=O) groups excluding carboxylic acids is 1. The summed E-state index contributed by atoms with van der Waals surface area (Å²) in [7, 11) is 2.85. The molecular formula is C10H13F3N4O. The summed E-state index contributed by atoms with van der Waals surface area (Å²) < 4.78 is 38.7. The molecule has 1 saturated heterocycles. The van der Waals surface area contributed by atoms with Crippen molar-refractivity contribution in [2.75, 3.05) is 18.5 Å². The molecule has 1 amide bonds. The standard InChI is InChI=1S/C10H13F3N4O/c1-6-15(2)9(18)5-17(6)8-4-7(10(11,12)13)16(3)14-8/h4,6H,5H2,1-3H3. The van der Waals surface area contributed by atoms with Gasteiger partial charge in [0.2, 0.25) is 5.91 Å². The number of hydrogen-bond acceptors (Lipinski definition) is 3. The van der Waals surface area contributed by atoms with Crippen LogP contribution in [0.5, 0.6) is 0 Å². The van der Waals surface area contributed by atoms with E-state index in [1.54, 1.807) is 14.0 Å². The Morgan fingerprint density at radius 1 is 1.39 bits per heavy atom. The lowest BCUT2D eigenvalue weighted by Gasteiger charge is -2.23. The first kappa shape index (κ1) is 12.7. The van der Waals surface area contributed by atoms with Crippen LogP contribution in [0.1, 0.15) is 12.6 Å². The molecule has 2 rings (SSSR count). The molecule has 0 spiro atoms. The Labute approximate surface area is 102 Å². The van der Waals surface area contributed by atoms with E-state index in [2.05, 4.69) is 5.10 Å². The van der Waals surface area contributed by atoms with Gasteiger partial charge in [0, 0.05) is 20.2 Å². The van der Waals surface area contributed by atoms with Crippen LogP contribution in [0.15, 0.2) is 6.07 Å². The first-order valence-corrected chi connectivity index (χ1v) is 5.35. The van der Waals surface area contributed by atoms with E-state index in [0.717, 1.165) is 10.7 Å². The SMILES string of the molecule is CC1N(C)C(=O)CN1c1cc(C(F)(F)F)n(C)n1. The van der Waals surface area contributed by atoms with Crippen LogP contribution >= 0.6 is 0 Å². The van der Waals surface area contributed by atoms with Crippen molar-refractivity contribution in [2.45, 2.75) is 19.3 Å². The summed E-state index contributed by atoms with van der Waals surface area (Å²) >= 11 is 0. The van der Waals surface area contributed by atoms with Crippen LogP contribution in [0, 0.1) is 0 Å². The topological polar surface area (TPSA) is 41.4 Å². The molecule has 1 fully saturated rings. The quantitative estimate of drug-likeness (QED) is 0.760. The van der Waals surface area contributed by atoms with Gasteiger partial charge in [0.05, 0.1) is 0 Å². The van der Waals surface area contributed by atoms with E-state index in [1.807, 2.05) is 0 Å². The summed E-state index contributed by atoms with van der Waals surface area (Å²) in [5, 5.41) is 3.82. The van der Waals surface area contributed by atoms with Gasteiger partial charge in [-0.15, -0.1) is 0 Å². The minimum absolute atomic E-state index is 0.0476. The third-order valence-corrected chi connectivity index (χ3v) is 3.16. The zero-order valence-corrected chi connectivity index (χ0v) is 10.2. The number of aromatic nitrogens is 2.